The average Bonchev–Trinajstić information content (AvgIpc) is 3.04. The van der Waals surface area contributed by atoms with Crippen molar-refractivity contribution in [3.63, 3.8) is 0 Å². The third kappa shape index (κ3) is 3.79. The molecule has 0 saturated carbocycles. The summed E-state index contributed by atoms with van der Waals surface area (Å²) in [6.45, 7) is 2.17. The lowest BCUT2D eigenvalue weighted by Crippen LogP contribution is -2.26. The zero-order valence-corrected chi connectivity index (χ0v) is 12.4. The van der Waals surface area contributed by atoms with Gasteiger partial charge < -0.3 is 14.5 Å². The van der Waals surface area contributed by atoms with Crippen LogP contribution in [0.25, 0.3) is 6.08 Å². The summed E-state index contributed by atoms with van der Waals surface area (Å²) in [4.78, 5) is 25.0. The van der Waals surface area contributed by atoms with Crippen molar-refractivity contribution < 1.29 is 19.2 Å². The molecule has 110 valence electrons. The van der Waals surface area contributed by atoms with Crippen LogP contribution in [0.5, 0.6) is 0 Å². The van der Waals surface area contributed by atoms with Gasteiger partial charge in [0.1, 0.15) is 0 Å². The Morgan fingerprint density at radius 1 is 1.52 bits per heavy atom. The zero-order chi connectivity index (χ0) is 15.4. The Kier molecular flexibility index (Phi) is 4.54. The van der Waals surface area contributed by atoms with Gasteiger partial charge in [-0.1, -0.05) is 5.16 Å². The molecule has 6 nitrogen and oxygen atoms in total. The molecule has 1 N–H and O–H groups in total. The molecule has 2 rings (SSSR count). The first-order valence-electron chi connectivity index (χ1n) is 6.12. The summed E-state index contributed by atoms with van der Waals surface area (Å²) >= 11 is 1.42. The van der Waals surface area contributed by atoms with Crippen molar-refractivity contribution >= 4 is 29.3 Å². The van der Waals surface area contributed by atoms with Crippen LogP contribution in [0.4, 0.5) is 0 Å². The van der Waals surface area contributed by atoms with Crippen LogP contribution in [0.3, 0.4) is 0 Å². The van der Waals surface area contributed by atoms with Crippen LogP contribution in [-0.4, -0.2) is 34.1 Å². The zero-order valence-electron chi connectivity index (χ0n) is 11.6. The number of carboxylic acids is 1. The van der Waals surface area contributed by atoms with E-state index in [0.29, 0.717) is 12.1 Å². The van der Waals surface area contributed by atoms with E-state index in [-0.39, 0.29) is 11.7 Å². The van der Waals surface area contributed by atoms with Gasteiger partial charge in [-0.25, -0.2) is 4.79 Å². The Morgan fingerprint density at radius 3 is 2.90 bits per heavy atom. The maximum Gasteiger partial charge on any atom is 0.328 e. The predicted molar refractivity (Wildman–Crippen MR) is 78.0 cm³/mol. The van der Waals surface area contributed by atoms with Crippen LogP contribution in [0.15, 0.2) is 28.2 Å². The van der Waals surface area contributed by atoms with Crippen LogP contribution in [0.2, 0.25) is 0 Å². The Morgan fingerprint density at radius 2 is 2.29 bits per heavy atom. The van der Waals surface area contributed by atoms with Crippen LogP contribution in [-0.2, 0) is 11.3 Å². The lowest BCUT2D eigenvalue weighted by molar-refractivity contribution is -0.131. The van der Waals surface area contributed by atoms with Gasteiger partial charge >= 0.3 is 5.97 Å². The van der Waals surface area contributed by atoms with Crippen LogP contribution < -0.4 is 0 Å². The van der Waals surface area contributed by atoms with Crippen molar-refractivity contribution in [2.75, 3.05) is 7.05 Å². The van der Waals surface area contributed by atoms with Gasteiger partial charge in [-0.15, -0.1) is 11.3 Å². The predicted octanol–water partition coefficient (Wildman–Crippen LogP) is 2.41. The van der Waals surface area contributed by atoms with Gasteiger partial charge in [0.15, 0.2) is 0 Å². The fourth-order valence-corrected chi connectivity index (χ4v) is 2.53. The second kappa shape index (κ2) is 6.36. The molecule has 0 aliphatic heterocycles. The average molecular weight is 306 g/mol. The second-order valence-corrected chi connectivity index (χ2v) is 5.47. The molecule has 0 saturated heterocycles. The molecular weight excluding hydrogens is 292 g/mol. The topological polar surface area (TPSA) is 83.6 Å². The lowest BCUT2D eigenvalue weighted by Gasteiger charge is -2.14. The van der Waals surface area contributed by atoms with E-state index in [1.807, 2.05) is 11.4 Å². The number of hydrogen-bond donors (Lipinski definition) is 1. The molecule has 1 amide bonds. The number of aliphatic carboxylic acids is 1. The van der Waals surface area contributed by atoms with Crippen molar-refractivity contribution in [2.45, 2.75) is 13.5 Å². The van der Waals surface area contributed by atoms with Crippen molar-refractivity contribution in [3.8, 4) is 0 Å². The number of amides is 1. The summed E-state index contributed by atoms with van der Waals surface area (Å²) < 4.78 is 4.94. The number of aryl methyl sites for hydroxylation is 1. The molecule has 0 aromatic carbocycles. The van der Waals surface area contributed by atoms with E-state index in [1.54, 1.807) is 14.0 Å². The number of hydrogen-bond acceptors (Lipinski definition) is 5. The largest absolute Gasteiger partial charge is 0.478 e. The Bertz CT molecular complexity index is 687. The van der Waals surface area contributed by atoms with E-state index >= 15 is 0 Å². The third-order valence-electron chi connectivity index (χ3n) is 2.77. The van der Waals surface area contributed by atoms with E-state index in [1.165, 1.54) is 28.5 Å². The maximum absolute atomic E-state index is 12.2. The summed E-state index contributed by atoms with van der Waals surface area (Å²) in [7, 11) is 1.68. The standard InChI is InChI=1S/C14H14N2O4S/c1-9-6-15-20-13(9)14(19)16(2)7-10-5-11(21-8-10)3-4-12(17)18/h3-6,8H,7H2,1-2H3,(H,17,18). The normalized spacial score (nSPS) is 11.0. The molecule has 0 fully saturated rings. The highest BCUT2D eigenvalue weighted by Crippen LogP contribution is 2.19. The molecular formula is C14H14N2O4S. The van der Waals surface area contributed by atoms with Gasteiger partial charge in [-0.2, -0.15) is 0 Å². The van der Waals surface area contributed by atoms with Crippen molar-refractivity contribution in [1.82, 2.24) is 10.1 Å². The Balaban J connectivity index is 2.03. The van der Waals surface area contributed by atoms with E-state index in [2.05, 4.69) is 5.16 Å². The highest BCUT2D eigenvalue weighted by atomic mass is 32.1. The van der Waals surface area contributed by atoms with Crippen LogP contribution >= 0.6 is 11.3 Å². The SMILES string of the molecule is Cc1cnoc1C(=O)N(C)Cc1csc(C=CC(=O)O)c1. The summed E-state index contributed by atoms with van der Waals surface area (Å²) in [5, 5.41) is 14.1. The quantitative estimate of drug-likeness (QED) is 0.858. The highest BCUT2D eigenvalue weighted by molar-refractivity contribution is 7.11. The first kappa shape index (κ1) is 15.0. The van der Waals surface area contributed by atoms with Gasteiger partial charge in [-0.3, -0.25) is 4.79 Å². The maximum atomic E-state index is 12.2. The van der Waals surface area contributed by atoms with Gasteiger partial charge in [-0.05, 0) is 30.0 Å². The molecule has 0 atom stereocenters. The number of rotatable bonds is 5. The minimum absolute atomic E-state index is 0.235. The van der Waals surface area contributed by atoms with Crippen molar-refractivity contribution in [1.29, 1.82) is 0 Å². The minimum atomic E-state index is -0.988. The number of carboxylic acid groups (broad SMARTS) is 1. The lowest BCUT2D eigenvalue weighted by atomic mass is 10.2. The molecule has 2 aromatic rings. The molecule has 0 bridgehead atoms. The van der Waals surface area contributed by atoms with E-state index in [9.17, 15) is 9.59 Å². The fourth-order valence-electron chi connectivity index (χ4n) is 1.73. The molecule has 0 radical (unpaired) electrons. The van der Waals surface area contributed by atoms with Crippen molar-refractivity contribution in [3.05, 3.63) is 45.5 Å². The number of aromatic nitrogens is 1. The minimum Gasteiger partial charge on any atom is -0.478 e. The number of nitrogens with zero attached hydrogens (tertiary/aromatic N) is 2. The number of thiophene rings is 1. The van der Waals surface area contributed by atoms with Gasteiger partial charge in [0, 0.05) is 30.1 Å². The van der Waals surface area contributed by atoms with E-state index < -0.39 is 5.97 Å². The Labute approximate surface area is 125 Å². The Hall–Kier alpha value is -2.41. The smallest absolute Gasteiger partial charge is 0.328 e. The monoisotopic (exact) mass is 306 g/mol. The van der Waals surface area contributed by atoms with Crippen LogP contribution in [0, 0.1) is 6.92 Å². The molecule has 0 spiro atoms. The fraction of sp³-hybridized carbons (Fsp3) is 0.214. The van der Waals surface area contributed by atoms with Crippen LogP contribution in [0.1, 0.15) is 26.6 Å². The molecule has 21 heavy (non-hydrogen) atoms. The van der Waals surface area contributed by atoms with E-state index in [0.717, 1.165) is 16.5 Å². The van der Waals surface area contributed by atoms with Gasteiger partial charge in [0.05, 0.1) is 6.20 Å². The van der Waals surface area contributed by atoms with Crippen molar-refractivity contribution in [2.24, 2.45) is 0 Å². The first-order chi connectivity index (χ1) is 9.97. The third-order valence-corrected chi connectivity index (χ3v) is 3.72. The summed E-state index contributed by atoms with van der Waals surface area (Å²) in [6.07, 6.45) is 4.11. The highest BCUT2D eigenvalue weighted by Gasteiger charge is 2.19. The number of carbonyl (C=O) groups is 2. The molecule has 0 unspecified atom stereocenters. The molecule has 2 aromatic heterocycles. The molecule has 7 heteroatoms. The summed E-state index contributed by atoms with van der Waals surface area (Å²) in [5.41, 5.74) is 1.63. The van der Waals surface area contributed by atoms with Gasteiger partial charge in [0.25, 0.3) is 5.91 Å². The summed E-state index contributed by atoms with van der Waals surface area (Å²) in [5.74, 6) is -0.990. The van der Waals surface area contributed by atoms with E-state index in [4.69, 9.17) is 9.63 Å². The molecule has 0 aliphatic rings. The first-order valence-corrected chi connectivity index (χ1v) is 7.00. The van der Waals surface area contributed by atoms with Gasteiger partial charge in [0.2, 0.25) is 5.76 Å². The second-order valence-electron chi connectivity index (χ2n) is 4.53. The molecule has 2 heterocycles. The number of carbonyl (C=O) groups excluding carboxylic acids is 1. The molecule has 0 aliphatic carbocycles. The summed E-state index contributed by atoms with van der Waals surface area (Å²) in [6, 6.07) is 1.85.